The summed E-state index contributed by atoms with van der Waals surface area (Å²) in [5, 5.41) is 10.3. The smallest absolute Gasteiger partial charge is 0.388 e. The van der Waals surface area contributed by atoms with E-state index in [0.29, 0.717) is 5.94 Å². The van der Waals surface area contributed by atoms with E-state index in [4.69, 9.17) is 4.74 Å². The fourth-order valence-electron chi connectivity index (χ4n) is 4.57. The number of hydrogen-bond acceptors (Lipinski definition) is 4. The van der Waals surface area contributed by atoms with Crippen LogP contribution in [0, 0.1) is 0 Å². The summed E-state index contributed by atoms with van der Waals surface area (Å²) < 4.78 is 5.62. The Morgan fingerprint density at radius 1 is 0.963 bits per heavy atom. The average Bonchev–Trinajstić information content (AvgIpc) is 2.72. The predicted octanol–water partition coefficient (Wildman–Crippen LogP) is 4.77. The topological polar surface area (TPSA) is 36.5 Å². The Balaban J connectivity index is 1.51. The molecule has 2 aliphatic rings. The second kappa shape index (κ2) is 8.98. The van der Waals surface area contributed by atoms with Gasteiger partial charge in [-0.15, -0.1) is 0 Å². The molecule has 4 rings (SSSR count). The summed E-state index contributed by atoms with van der Waals surface area (Å²) in [7, 11) is 0. The lowest BCUT2D eigenvalue weighted by Crippen LogP contribution is -2.58. The third-order valence-corrected chi connectivity index (χ3v) is 6.03. The van der Waals surface area contributed by atoms with Crippen LogP contribution in [0.25, 0.3) is 10.8 Å². The van der Waals surface area contributed by atoms with Crippen LogP contribution in [-0.2, 0) is 4.74 Å². The second-order valence-corrected chi connectivity index (χ2v) is 7.89. The average molecular weight is 365 g/mol. The molecule has 0 aromatic heterocycles. The van der Waals surface area contributed by atoms with E-state index in [1.165, 1.54) is 60.7 Å². The van der Waals surface area contributed by atoms with Crippen molar-refractivity contribution in [3.63, 3.8) is 0 Å². The lowest BCUT2D eigenvalue weighted by Gasteiger charge is -2.40. The first-order chi connectivity index (χ1) is 13.4. The van der Waals surface area contributed by atoms with Gasteiger partial charge in [-0.1, -0.05) is 63.3 Å². The van der Waals surface area contributed by atoms with Crippen LogP contribution >= 0.6 is 0 Å². The van der Waals surface area contributed by atoms with E-state index in [0.717, 1.165) is 26.3 Å². The summed E-state index contributed by atoms with van der Waals surface area (Å²) in [6.45, 7) is 6.30. The van der Waals surface area contributed by atoms with Crippen LogP contribution in [0.2, 0.25) is 0 Å². The van der Waals surface area contributed by atoms with Gasteiger partial charge in [-0.2, -0.15) is 0 Å². The van der Waals surface area contributed by atoms with Gasteiger partial charge in [-0.3, -0.25) is 4.90 Å². The lowest BCUT2D eigenvalue weighted by molar-refractivity contribution is 0.0285. The molecule has 1 saturated heterocycles. The quantitative estimate of drug-likeness (QED) is 0.522. The molecular formula is C22H32BN3O. The number of anilines is 2. The van der Waals surface area contributed by atoms with E-state index in [9.17, 15) is 0 Å². The number of hydrogen-bond donors (Lipinski definition) is 2. The number of rotatable bonds is 8. The molecule has 5 heteroatoms. The minimum atomic E-state index is 0.245. The Bertz CT molecular complexity index is 707. The molecule has 2 aromatic carbocycles. The normalized spacial score (nSPS) is 18.2. The van der Waals surface area contributed by atoms with E-state index in [1.807, 2.05) is 0 Å². The molecule has 4 nitrogen and oxygen atoms in total. The standard InChI is InChI=1S/C22H32BN3O/c1-2-3-4-5-6-13-21(26-14-16-27-17-15-26)23-24-19-11-7-9-18-10-8-12-20(25-23)22(18)19/h7-12,21,24-25H,2-6,13-17H2,1H3/t21-/m1/s1. The Hall–Kier alpha value is -1.72. The molecule has 0 aliphatic carbocycles. The highest BCUT2D eigenvalue weighted by Gasteiger charge is 2.35. The van der Waals surface area contributed by atoms with Crippen molar-refractivity contribution in [2.45, 2.75) is 51.4 Å². The summed E-state index contributed by atoms with van der Waals surface area (Å²) in [6.07, 6.45) is 7.89. The van der Waals surface area contributed by atoms with Gasteiger partial charge >= 0.3 is 6.98 Å². The highest BCUT2D eigenvalue weighted by atomic mass is 16.5. The number of nitrogens with zero attached hydrogens (tertiary/aromatic N) is 1. The van der Waals surface area contributed by atoms with Crippen molar-refractivity contribution in [1.29, 1.82) is 0 Å². The predicted molar refractivity (Wildman–Crippen MR) is 117 cm³/mol. The Kier molecular flexibility index (Phi) is 6.20. The van der Waals surface area contributed by atoms with Crippen molar-refractivity contribution in [3.05, 3.63) is 36.4 Å². The molecule has 1 fully saturated rings. The van der Waals surface area contributed by atoms with Gasteiger partial charge in [0.2, 0.25) is 0 Å². The SMILES string of the molecule is CCCCCCC[C@H](B1Nc2cccc3cccc(c23)N1)N1CCOCC1. The molecule has 0 radical (unpaired) electrons. The zero-order valence-corrected chi connectivity index (χ0v) is 16.5. The molecule has 144 valence electrons. The maximum Gasteiger partial charge on any atom is 0.388 e. The molecule has 2 aliphatic heterocycles. The van der Waals surface area contributed by atoms with Gasteiger partial charge in [-0.05, 0) is 23.9 Å². The summed E-state index contributed by atoms with van der Waals surface area (Å²) in [5.74, 6) is 0.485. The van der Waals surface area contributed by atoms with Gasteiger partial charge in [0.15, 0.2) is 0 Å². The van der Waals surface area contributed by atoms with E-state index in [2.05, 4.69) is 58.7 Å². The van der Waals surface area contributed by atoms with Crippen molar-refractivity contribution < 1.29 is 4.74 Å². The Morgan fingerprint density at radius 2 is 1.63 bits per heavy atom. The van der Waals surface area contributed by atoms with E-state index >= 15 is 0 Å². The molecule has 0 unspecified atom stereocenters. The summed E-state index contributed by atoms with van der Waals surface area (Å²) in [5.41, 5.74) is 2.52. The minimum absolute atomic E-state index is 0.245. The zero-order chi connectivity index (χ0) is 18.5. The van der Waals surface area contributed by atoms with Crippen LogP contribution in [0.15, 0.2) is 36.4 Å². The number of unbranched alkanes of at least 4 members (excludes halogenated alkanes) is 4. The molecule has 27 heavy (non-hydrogen) atoms. The lowest BCUT2D eigenvalue weighted by atomic mass is 9.62. The minimum Gasteiger partial charge on any atom is -0.408 e. The Labute approximate surface area is 163 Å². The molecule has 0 saturated carbocycles. The molecule has 1 atom stereocenters. The maximum atomic E-state index is 5.62. The Morgan fingerprint density at radius 3 is 2.30 bits per heavy atom. The monoisotopic (exact) mass is 365 g/mol. The molecule has 0 spiro atoms. The molecular weight excluding hydrogens is 333 g/mol. The summed E-state index contributed by atoms with van der Waals surface area (Å²) >= 11 is 0. The molecule has 2 aromatic rings. The van der Waals surface area contributed by atoms with Crippen LogP contribution in [0.5, 0.6) is 0 Å². The van der Waals surface area contributed by atoms with Gasteiger partial charge in [0.25, 0.3) is 0 Å². The van der Waals surface area contributed by atoms with Crippen LogP contribution in [0.1, 0.15) is 45.4 Å². The van der Waals surface area contributed by atoms with E-state index in [-0.39, 0.29) is 6.98 Å². The first kappa shape index (κ1) is 18.6. The molecule has 2 heterocycles. The van der Waals surface area contributed by atoms with E-state index < -0.39 is 0 Å². The number of morpholine rings is 1. The number of nitrogens with one attached hydrogen (secondary N) is 2. The van der Waals surface area contributed by atoms with Crippen LogP contribution in [0.4, 0.5) is 11.4 Å². The second-order valence-electron chi connectivity index (χ2n) is 7.89. The van der Waals surface area contributed by atoms with Crippen LogP contribution < -0.4 is 10.5 Å². The third kappa shape index (κ3) is 4.25. The van der Waals surface area contributed by atoms with Crippen molar-refractivity contribution in [3.8, 4) is 0 Å². The molecule has 2 N–H and O–H groups in total. The van der Waals surface area contributed by atoms with Gasteiger partial charge in [-0.25, -0.2) is 0 Å². The fraction of sp³-hybridized carbons (Fsp3) is 0.545. The summed E-state index contributed by atoms with van der Waals surface area (Å²) in [6, 6.07) is 13.1. The van der Waals surface area contributed by atoms with Crippen LogP contribution in [0.3, 0.4) is 0 Å². The van der Waals surface area contributed by atoms with Gasteiger partial charge in [0, 0.05) is 35.8 Å². The van der Waals surface area contributed by atoms with Crippen LogP contribution in [-0.4, -0.2) is 44.1 Å². The highest BCUT2D eigenvalue weighted by Crippen LogP contribution is 2.35. The van der Waals surface area contributed by atoms with Gasteiger partial charge < -0.3 is 15.2 Å². The third-order valence-electron chi connectivity index (χ3n) is 6.03. The number of benzene rings is 2. The summed E-state index contributed by atoms with van der Waals surface area (Å²) in [4.78, 5) is 2.63. The van der Waals surface area contributed by atoms with Crippen molar-refractivity contribution in [2.24, 2.45) is 0 Å². The largest absolute Gasteiger partial charge is 0.408 e. The van der Waals surface area contributed by atoms with Crippen molar-refractivity contribution in [1.82, 2.24) is 4.90 Å². The fourth-order valence-corrected chi connectivity index (χ4v) is 4.57. The molecule has 0 bridgehead atoms. The molecule has 0 amide bonds. The van der Waals surface area contributed by atoms with Gasteiger partial charge in [0.1, 0.15) is 0 Å². The van der Waals surface area contributed by atoms with Gasteiger partial charge in [0.05, 0.1) is 13.2 Å². The van der Waals surface area contributed by atoms with E-state index in [1.54, 1.807) is 0 Å². The highest BCUT2D eigenvalue weighted by molar-refractivity contribution is 6.69. The van der Waals surface area contributed by atoms with Crippen molar-refractivity contribution >= 4 is 29.1 Å². The maximum absolute atomic E-state index is 5.62. The van der Waals surface area contributed by atoms with Crippen molar-refractivity contribution in [2.75, 3.05) is 36.8 Å². The zero-order valence-electron chi connectivity index (χ0n) is 16.5. The number of ether oxygens (including phenoxy) is 1. The first-order valence-electron chi connectivity index (χ1n) is 10.7. The first-order valence-corrected chi connectivity index (χ1v) is 10.7.